The quantitative estimate of drug-likeness (QED) is 0.487. The number of imidazole rings is 1. The number of aromatic nitrogens is 2. The Labute approximate surface area is 170 Å². The third-order valence-corrected chi connectivity index (χ3v) is 5.94. The fourth-order valence-corrected chi connectivity index (χ4v) is 4.03. The molecule has 1 N–H and O–H groups in total. The number of fused-ring (bicyclic) bond motifs is 1. The predicted molar refractivity (Wildman–Crippen MR) is 108 cm³/mol. The van der Waals surface area contributed by atoms with E-state index in [1.807, 2.05) is 35.9 Å². The summed E-state index contributed by atoms with van der Waals surface area (Å²) < 4.78 is 67.2. The minimum atomic E-state index is -4.53. The number of aryl methyl sites for hydroxylation is 1. The Morgan fingerprint density at radius 3 is 2.27 bits per heavy atom. The largest absolute Gasteiger partial charge is 0.416 e. The molecular weight excluding hydrogens is 415 g/mol. The lowest BCUT2D eigenvalue weighted by atomic mass is 10.1. The highest BCUT2D eigenvalue weighted by Gasteiger charge is 2.30. The van der Waals surface area contributed by atoms with Gasteiger partial charge in [-0.1, -0.05) is 12.1 Å². The number of nitrogens with one attached hydrogen (secondary N) is 1. The van der Waals surface area contributed by atoms with Crippen LogP contribution in [0.5, 0.6) is 0 Å². The molecule has 30 heavy (non-hydrogen) atoms. The Balaban J connectivity index is 1.55. The van der Waals surface area contributed by atoms with E-state index in [9.17, 15) is 21.6 Å². The highest BCUT2D eigenvalue weighted by atomic mass is 32.2. The first-order valence-electron chi connectivity index (χ1n) is 8.88. The van der Waals surface area contributed by atoms with Crippen LogP contribution in [-0.4, -0.2) is 17.8 Å². The second-order valence-corrected chi connectivity index (χ2v) is 8.48. The van der Waals surface area contributed by atoms with E-state index in [0.717, 1.165) is 46.7 Å². The minimum absolute atomic E-state index is 0.254. The Bertz CT molecular complexity index is 1310. The Morgan fingerprint density at radius 1 is 0.967 bits per heavy atom. The molecule has 154 valence electrons. The Kier molecular flexibility index (Phi) is 4.77. The van der Waals surface area contributed by atoms with Gasteiger partial charge < -0.3 is 4.40 Å². The van der Waals surface area contributed by atoms with Gasteiger partial charge in [-0.3, -0.25) is 4.72 Å². The smallest absolute Gasteiger partial charge is 0.306 e. The van der Waals surface area contributed by atoms with Crippen molar-refractivity contribution in [3.05, 3.63) is 84.2 Å². The van der Waals surface area contributed by atoms with Crippen LogP contribution in [0.1, 0.15) is 11.1 Å². The molecule has 0 atom stereocenters. The lowest BCUT2D eigenvalue weighted by Gasteiger charge is -2.10. The number of anilines is 1. The number of alkyl halides is 3. The number of hydrogen-bond donors (Lipinski definition) is 1. The lowest BCUT2D eigenvalue weighted by Crippen LogP contribution is -2.13. The average Bonchev–Trinajstić information content (AvgIpc) is 3.11. The molecule has 0 radical (unpaired) electrons. The van der Waals surface area contributed by atoms with Gasteiger partial charge >= 0.3 is 6.18 Å². The molecule has 0 bridgehead atoms. The summed E-state index contributed by atoms with van der Waals surface area (Å²) in [4.78, 5) is 4.30. The van der Waals surface area contributed by atoms with Gasteiger partial charge in [-0.15, -0.1) is 0 Å². The van der Waals surface area contributed by atoms with Crippen molar-refractivity contribution in [3.8, 4) is 11.3 Å². The molecule has 0 aliphatic carbocycles. The van der Waals surface area contributed by atoms with Crippen LogP contribution in [0, 0.1) is 6.92 Å². The standard InChI is InChI=1S/C21H16F3N3O2S/c1-14-10-11-27-13-19(25-20(27)12-14)15-2-6-17(7-3-15)26-30(28,29)18-8-4-16(5-9-18)21(22,23)24/h2-13,26H,1H3. The maximum absolute atomic E-state index is 12.7. The van der Waals surface area contributed by atoms with Gasteiger partial charge in [0.15, 0.2) is 0 Å². The summed E-state index contributed by atoms with van der Waals surface area (Å²) in [6.07, 6.45) is -0.744. The monoisotopic (exact) mass is 431 g/mol. The van der Waals surface area contributed by atoms with Crippen LogP contribution < -0.4 is 4.72 Å². The molecule has 0 aliphatic heterocycles. The van der Waals surface area contributed by atoms with Crippen LogP contribution >= 0.6 is 0 Å². The van der Waals surface area contributed by atoms with Crippen molar-refractivity contribution >= 4 is 21.4 Å². The molecule has 0 spiro atoms. The number of hydrogen-bond acceptors (Lipinski definition) is 3. The highest BCUT2D eigenvalue weighted by Crippen LogP contribution is 2.30. The zero-order valence-electron chi connectivity index (χ0n) is 15.7. The molecule has 0 amide bonds. The maximum Gasteiger partial charge on any atom is 0.416 e. The van der Waals surface area contributed by atoms with Crippen LogP contribution in [0.15, 0.2) is 78.0 Å². The molecule has 0 unspecified atom stereocenters. The molecule has 2 aromatic carbocycles. The Morgan fingerprint density at radius 2 is 1.63 bits per heavy atom. The van der Waals surface area contributed by atoms with E-state index >= 15 is 0 Å². The first-order chi connectivity index (χ1) is 14.1. The van der Waals surface area contributed by atoms with Crippen LogP contribution in [0.25, 0.3) is 16.9 Å². The van der Waals surface area contributed by atoms with Gasteiger partial charge in [-0.05, 0) is 61.0 Å². The van der Waals surface area contributed by atoms with E-state index < -0.39 is 21.8 Å². The molecular formula is C21H16F3N3O2S. The number of benzene rings is 2. The first kappa shape index (κ1) is 20.0. The number of halogens is 3. The van der Waals surface area contributed by atoms with Gasteiger partial charge in [0.25, 0.3) is 10.0 Å². The van der Waals surface area contributed by atoms with Crippen molar-refractivity contribution in [3.63, 3.8) is 0 Å². The van der Waals surface area contributed by atoms with Gasteiger partial charge in [0.2, 0.25) is 0 Å². The normalized spacial score (nSPS) is 12.3. The van der Waals surface area contributed by atoms with Crippen LogP contribution in [0.4, 0.5) is 18.9 Å². The summed E-state index contributed by atoms with van der Waals surface area (Å²) in [6, 6.07) is 13.9. The summed E-state index contributed by atoms with van der Waals surface area (Å²) in [5, 5.41) is 0. The van der Waals surface area contributed by atoms with Gasteiger partial charge in [-0.25, -0.2) is 13.4 Å². The van der Waals surface area contributed by atoms with Crippen LogP contribution in [0.3, 0.4) is 0 Å². The molecule has 4 aromatic rings. The third-order valence-electron chi connectivity index (χ3n) is 4.54. The van der Waals surface area contributed by atoms with E-state index in [-0.39, 0.29) is 4.90 Å². The van der Waals surface area contributed by atoms with Crippen molar-refractivity contribution in [1.82, 2.24) is 9.38 Å². The van der Waals surface area contributed by atoms with Gasteiger partial charge in [-0.2, -0.15) is 13.2 Å². The molecule has 0 saturated heterocycles. The van der Waals surface area contributed by atoms with Crippen LogP contribution in [-0.2, 0) is 16.2 Å². The highest BCUT2D eigenvalue weighted by molar-refractivity contribution is 7.92. The number of rotatable bonds is 4. The number of pyridine rings is 1. The van der Waals surface area contributed by atoms with E-state index in [4.69, 9.17) is 0 Å². The molecule has 9 heteroatoms. The van der Waals surface area contributed by atoms with Crippen molar-refractivity contribution in [1.29, 1.82) is 0 Å². The fraction of sp³-hybridized carbons (Fsp3) is 0.0952. The van der Waals surface area contributed by atoms with Crippen molar-refractivity contribution in [2.75, 3.05) is 4.72 Å². The van der Waals surface area contributed by atoms with E-state index in [0.29, 0.717) is 5.69 Å². The molecule has 2 heterocycles. The Hall–Kier alpha value is -3.33. The number of sulfonamides is 1. The minimum Gasteiger partial charge on any atom is -0.306 e. The SMILES string of the molecule is Cc1ccn2cc(-c3ccc(NS(=O)(=O)c4ccc(C(F)(F)F)cc4)cc3)nc2c1. The fourth-order valence-electron chi connectivity index (χ4n) is 2.97. The zero-order chi connectivity index (χ0) is 21.5. The van der Waals surface area contributed by atoms with Crippen molar-refractivity contribution < 1.29 is 21.6 Å². The number of nitrogens with zero attached hydrogens (tertiary/aromatic N) is 2. The van der Waals surface area contributed by atoms with Crippen molar-refractivity contribution in [2.45, 2.75) is 18.0 Å². The van der Waals surface area contributed by atoms with Gasteiger partial charge in [0, 0.05) is 23.6 Å². The summed E-state index contributed by atoms with van der Waals surface area (Å²) in [6.45, 7) is 1.98. The molecule has 5 nitrogen and oxygen atoms in total. The summed E-state index contributed by atoms with van der Waals surface area (Å²) in [5.74, 6) is 0. The molecule has 4 rings (SSSR count). The topological polar surface area (TPSA) is 63.5 Å². The summed E-state index contributed by atoms with van der Waals surface area (Å²) >= 11 is 0. The van der Waals surface area contributed by atoms with E-state index in [1.165, 1.54) is 0 Å². The lowest BCUT2D eigenvalue weighted by molar-refractivity contribution is -0.137. The van der Waals surface area contributed by atoms with Crippen LogP contribution in [0.2, 0.25) is 0 Å². The summed E-state index contributed by atoms with van der Waals surface area (Å²) in [7, 11) is -4.02. The first-order valence-corrected chi connectivity index (χ1v) is 10.4. The average molecular weight is 431 g/mol. The molecule has 0 saturated carbocycles. The maximum atomic E-state index is 12.7. The molecule has 0 aliphatic rings. The third kappa shape index (κ3) is 4.02. The second kappa shape index (κ2) is 7.17. The zero-order valence-corrected chi connectivity index (χ0v) is 16.5. The van der Waals surface area contributed by atoms with Gasteiger partial charge in [0.05, 0.1) is 16.2 Å². The molecule has 2 aromatic heterocycles. The summed E-state index contributed by atoms with van der Waals surface area (Å²) in [5.41, 5.74) is 2.81. The van der Waals surface area contributed by atoms with E-state index in [2.05, 4.69) is 9.71 Å². The van der Waals surface area contributed by atoms with Gasteiger partial charge in [0.1, 0.15) is 5.65 Å². The molecule has 0 fully saturated rings. The van der Waals surface area contributed by atoms with Crippen molar-refractivity contribution in [2.24, 2.45) is 0 Å². The predicted octanol–water partition coefficient (Wildman–Crippen LogP) is 5.13. The van der Waals surface area contributed by atoms with E-state index in [1.54, 1.807) is 24.3 Å². The second-order valence-electron chi connectivity index (χ2n) is 6.80.